The van der Waals surface area contributed by atoms with Crippen molar-refractivity contribution in [3.8, 4) is 0 Å². The first-order valence-electron chi connectivity index (χ1n) is 6.98. The van der Waals surface area contributed by atoms with E-state index in [0.717, 1.165) is 6.42 Å². The summed E-state index contributed by atoms with van der Waals surface area (Å²) in [6, 6.07) is 7.10. The van der Waals surface area contributed by atoms with Crippen molar-refractivity contribution in [2.45, 2.75) is 6.42 Å². The highest BCUT2D eigenvalue weighted by atomic mass is 16.5. The Morgan fingerprint density at radius 1 is 1.19 bits per heavy atom. The number of methoxy groups -OCH3 is 1. The Morgan fingerprint density at radius 2 is 2.00 bits per heavy atom. The number of amides is 2. The van der Waals surface area contributed by atoms with Crippen molar-refractivity contribution in [2.24, 2.45) is 0 Å². The van der Waals surface area contributed by atoms with E-state index in [4.69, 9.17) is 9.47 Å². The molecule has 1 aliphatic rings. The van der Waals surface area contributed by atoms with Gasteiger partial charge in [-0.1, -0.05) is 12.1 Å². The molecule has 2 amide bonds. The first kappa shape index (κ1) is 15.5. The van der Waals surface area contributed by atoms with E-state index in [1.165, 1.54) is 0 Å². The monoisotopic (exact) mass is 292 g/mol. The van der Waals surface area contributed by atoms with E-state index in [0.29, 0.717) is 37.6 Å². The minimum absolute atomic E-state index is 0.0111. The third-order valence-electron chi connectivity index (χ3n) is 3.24. The molecule has 0 saturated carbocycles. The summed E-state index contributed by atoms with van der Waals surface area (Å²) in [6.45, 7) is 2.12. The highest BCUT2D eigenvalue weighted by molar-refractivity contribution is 6.09. The number of hydrogen-bond donors (Lipinski definition) is 1. The number of para-hydroxylation sites is 1. The number of hydrogen-bond acceptors (Lipinski definition) is 4. The first-order chi connectivity index (χ1) is 10.2. The van der Waals surface area contributed by atoms with E-state index < -0.39 is 0 Å². The number of nitrogens with zero attached hydrogens (tertiary/aromatic N) is 1. The largest absolute Gasteiger partial charge is 0.385 e. The van der Waals surface area contributed by atoms with Crippen molar-refractivity contribution < 1.29 is 19.1 Å². The second-order valence-electron chi connectivity index (χ2n) is 4.70. The molecule has 0 fully saturated rings. The fraction of sp³-hybridized carbons (Fsp3) is 0.467. The summed E-state index contributed by atoms with van der Waals surface area (Å²) in [5.41, 5.74) is 1.15. The molecule has 1 aromatic rings. The lowest BCUT2D eigenvalue weighted by atomic mass is 10.1. The molecule has 0 aromatic heterocycles. The molecule has 0 radical (unpaired) electrons. The number of ether oxygens (including phenoxy) is 2. The summed E-state index contributed by atoms with van der Waals surface area (Å²) >= 11 is 0. The van der Waals surface area contributed by atoms with Crippen LogP contribution in [0, 0.1) is 0 Å². The Hall–Kier alpha value is -1.92. The van der Waals surface area contributed by atoms with E-state index in [-0.39, 0.29) is 18.4 Å². The van der Waals surface area contributed by atoms with Gasteiger partial charge in [-0.15, -0.1) is 0 Å². The van der Waals surface area contributed by atoms with Gasteiger partial charge in [0.15, 0.2) is 0 Å². The summed E-state index contributed by atoms with van der Waals surface area (Å²) in [6.07, 6.45) is 0.821. The minimum atomic E-state index is -0.220. The Bertz CT molecular complexity index is 504. The van der Waals surface area contributed by atoms with Crippen LogP contribution >= 0.6 is 0 Å². The lowest BCUT2D eigenvalue weighted by molar-refractivity contribution is -0.117. The molecule has 0 spiro atoms. The van der Waals surface area contributed by atoms with E-state index in [1.54, 1.807) is 30.2 Å². The molecule has 1 N–H and O–H groups in total. The number of nitrogens with one attached hydrogen (secondary N) is 1. The maximum Gasteiger partial charge on any atom is 0.253 e. The number of carbonyl (C=O) groups is 2. The van der Waals surface area contributed by atoms with Crippen molar-refractivity contribution in [3.63, 3.8) is 0 Å². The molecule has 1 aromatic carbocycles. The highest BCUT2D eigenvalue weighted by Gasteiger charge is 2.25. The van der Waals surface area contributed by atoms with E-state index in [1.807, 2.05) is 6.07 Å². The average molecular weight is 292 g/mol. The Labute approximate surface area is 124 Å². The fourth-order valence-electron chi connectivity index (χ4n) is 2.19. The van der Waals surface area contributed by atoms with Crippen molar-refractivity contribution >= 4 is 17.5 Å². The van der Waals surface area contributed by atoms with Crippen LogP contribution < -0.4 is 10.2 Å². The fourth-order valence-corrected chi connectivity index (χ4v) is 2.19. The lowest BCUT2D eigenvalue weighted by Crippen LogP contribution is -2.38. The van der Waals surface area contributed by atoms with Crippen LogP contribution in [0.25, 0.3) is 0 Å². The molecule has 0 bridgehead atoms. The lowest BCUT2D eigenvalue weighted by Gasteiger charge is -2.21. The summed E-state index contributed by atoms with van der Waals surface area (Å²) in [4.78, 5) is 25.6. The van der Waals surface area contributed by atoms with Gasteiger partial charge >= 0.3 is 0 Å². The van der Waals surface area contributed by atoms with Gasteiger partial charge in [0.1, 0.15) is 0 Å². The topological polar surface area (TPSA) is 67.9 Å². The summed E-state index contributed by atoms with van der Waals surface area (Å²) in [5.74, 6) is -0.351. The van der Waals surface area contributed by atoms with Gasteiger partial charge in [0.05, 0.1) is 24.4 Å². The maximum absolute atomic E-state index is 12.1. The second kappa shape index (κ2) is 7.75. The number of benzene rings is 1. The van der Waals surface area contributed by atoms with Gasteiger partial charge in [0.25, 0.3) is 5.91 Å². The van der Waals surface area contributed by atoms with Crippen LogP contribution in [-0.2, 0) is 14.3 Å². The first-order valence-corrected chi connectivity index (χ1v) is 6.98. The van der Waals surface area contributed by atoms with E-state index in [2.05, 4.69) is 5.32 Å². The standard InChI is InChI=1S/C15H20N2O4/c1-20-8-4-9-21-10-7-17-13-6-3-2-5-12(13)15(19)16-11-14(17)18/h2-3,5-6H,4,7-11H2,1H3,(H,16,19). The van der Waals surface area contributed by atoms with Crippen molar-refractivity contribution in [3.05, 3.63) is 29.8 Å². The third-order valence-corrected chi connectivity index (χ3v) is 3.24. The molecule has 6 nitrogen and oxygen atoms in total. The van der Waals surface area contributed by atoms with Crippen LogP contribution in [0.1, 0.15) is 16.8 Å². The van der Waals surface area contributed by atoms with Crippen LogP contribution in [-0.4, -0.2) is 51.8 Å². The molecule has 0 unspecified atom stereocenters. The van der Waals surface area contributed by atoms with Crippen molar-refractivity contribution in [1.82, 2.24) is 5.32 Å². The Morgan fingerprint density at radius 3 is 2.81 bits per heavy atom. The molecule has 0 atom stereocenters. The predicted octanol–water partition coefficient (Wildman–Crippen LogP) is 0.816. The van der Waals surface area contributed by atoms with Gasteiger partial charge in [-0.3, -0.25) is 9.59 Å². The average Bonchev–Trinajstić information content (AvgIpc) is 2.62. The summed E-state index contributed by atoms with van der Waals surface area (Å²) < 4.78 is 10.4. The number of fused-ring (bicyclic) bond motifs is 1. The Balaban J connectivity index is 1.98. The zero-order chi connectivity index (χ0) is 15.1. The van der Waals surface area contributed by atoms with Crippen LogP contribution in [0.2, 0.25) is 0 Å². The molecule has 6 heteroatoms. The quantitative estimate of drug-likeness (QED) is 0.755. The van der Waals surface area contributed by atoms with Crippen LogP contribution in [0.4, 0.5) is 5.69 Å². The van der Waals surface area contributed by atoms with Gasteiger partial charge in [-0.25, -0.2) is 0 Å². The highest BCUT2D eigenvalue weighted by Crippen LogP contribution is 2.22. The molecule has 114 valence electrons. The second-order valence-corrected chi connectivity index (χ2v) is 4.70. The predicted molar refractivity (Wildman–Crippen MR) is 78.4 cm³/mol. The molecular weight excluding hydrogens is 272 g/mol. The smallest absolute Gasteiger partial charge is 0.253 e. The zero-order valence-electron chi connectivity index (χ0n) is 12.1. The molecule has 1 aliphatic heterocycles. The van der Waals surface area contributed by atoms with Crippen LogP contribution in [0.5, 0.6) is 0 Å². The normalized spacial score (nSPS) is 14.6. The van der Waals surface area contributed by atoms with Gasteiger partial charge in [0.2, 0.25) is 5.91 Å². The summed E-state index contributed by atoms with van der Waals surface area (Å²) in [5, 5.41) is 2.61. The van der Waals surface area contributed by atoms with E-state index in [9.17, 15) is 9.59 Å². The molecule has 1 heterocycles. The third kappa shape index (κ3) is 4.03. The zero-order valence-corrected chi connectivity index (χ0v) is 12.1. The molecular formula is C15H20N2O4. The molecule has 21 heavy (non-hydrogen) atoms. The number of rotatable bonds is 7. The maximum atomic E-state index is 12.1. The van der Waals surface area contributed by atoms with Crippen LogP contribution in [0.15, 0.2) is 24.3 Å². The molecule has 0 aliphatic carbocycles. The summed E-state index contributed by atoms with van der Waals surface area (Å²) in [7, 11) is 1.65. The minimum Gasteiger partial charge on any atom is -0.385 e. The van der Waals surface area contributed by atoms with Gasteiger partial charge < -0.3 is 19.7 Å². The van der Waals surface area contributed by atoms with Crippen molar-refractivity contribution in [2.75, 3.05) is 44.9 Å². The van der Waals surface area contributed by atoms with Gasteiger partial charge in [-0.2, -0.15) is 0 Å². The molecule has 2 rings (SSSR count). The van der Waals surface area contributed by atoms with E-state index >= 15 is 0 Å². The van der Waals surface area contributed by atoms with Gasteiger partial charge in [0, 0.05) is 26.9 Å². The van der Waals surface area contributed by atoms with Crippen LogP contribution in [0.3, 0.4) is 0 Å². The van der Waals surface area contributed by atoms with Gasteiger partial charge in [-0.05, 0) is 18.6 Å². The van der Waals surface area contributed by atoms with Crippen molar-refractivity contribution in [1.29, 1.82) is 0 Å². The SMILES string of the molecule is COCCCOCCN1C(=O)CNC(=O)c2ccccc21. The number of carbonyl (C=O) groups excluding carboxylic acids is 2. The Kier molecular flexibility index (Phi) is 5.71. The molecule has 0 saturated heterocycles. The number of anilines is 1.